The van der Waals surface area contributed by atoms with Gasteiger partial charge in [-0.05, 0) is 23.8 Å². The van der Waals surface area contributed by atoms with Crippen LogP contribution in [0.5, 0.6) is 0 Å². The minimum Gasteiger partial charge on any atom is -0.478 e. The third kappa shape index (κ3) is 2.21. The van der Waals surface area contributed by atoms with E-state index in [1.165, 1.54) is 0 Å². The van der Waals surface area contributed by atoms with Crippen molar-refractivity contribution in [2.75, 3.05) is 5.32 Å². The summed E-state index contributed by atoms with van der Waals surface area (Å²) in [4.78, 5) is 18.5. The van der Waals surface area contributed by atoms with Crippen LogP contribution in [-0.4, -0.2) is 21.0 Å². The van der Waals surface area contributed by atoms with Crippen molar-refractivity contribution < 1.29 is 9.90 Å². The molecule has 3 aromatic rings. The zero-order valence-corrected chi connectivity index (χ0v) is 10.6. The Morgan fingerprint density at radius 1 is 1.20 bits per heavy atom. The van der Waals surface area contributed by atoms with Crippen molar-refractivity contribution >= 4 is 22.7 Å². The number of benzene rings is 1. The summed E-state index contributed by atoms with van der Waals surface area (Å²) >= 11 is 0. The maximum Gasteiger partial charge on any atom is 0.340 e. The molecule has 5 nitrogen and oxygen atoms in total. The van der Waals surface area contributed by atoms with Gasteiger partial charge in [-0.1, -0.05) is 18.2 Å². The maximum absolute atomic E-state index is 11.4. The van der Waals surface area contributed by atoms with E-state index in [0.29, 0.717) is 17.7 Å². The predicted molar refractivity (Wildman–Crippen MR) is 76.8 cm³/mol. The molecule has 0 saturated carbocycles. The van der Waals surface area contributed by atoms with Gasteiger partial charge in [0.2, 0.25) is 0 Å². The summed E-state index contributed by atoms with van der Waals surface area (Å²) in [7, 11) is 0. The number of rotatable bonds is 4. The molecule has 1 aromatic carbocycles. The zero-order valence-electron chi connectivity index (χ0n) is 10.6. The summed E-state index contributed by atoms with van der Waals surface area (Å²) in [6, 6.07) is 11.1. The second kappa shape index (κ2) is 5.05. The summed E-state index contributed by atoms with van der Waals surface area (Å²) in [5.41, 5.74) is 2.12. The number of pyridine rings is 1. The van der Waals surface area contributed by atoms with Crippen LogP contribution in [0.1, 0.15) is 15.9 Å². The van der Waals surface area contributed by atoms with Crippen LogP contribution < -0.4 is 5.32 Å². The molecule has 0 fully saturated rings. The number of carboxylic acid groups (broad SMARTS) is 1. The van der Waals surface area contributed by atoms with Gasteiger partial charge in [-0.3, -0.25) is 4.98 Å². The number of hydrogen-bond acceptors (Lipinski definition) is 3. The number of H-pyrrole nitrogens is 1. The third-order valence-corrected chi connectivity index (χ3v) is 3.14. The number of aromatic amines is 1. The van der Waals surface area contributed by atoms with Crippen LogP contribution in [-0.2, 0) is 6.54 Å². The number of nitrogens with one attached hydrogen (secondary N) is 2. The number of fused-ring (bicyclic) bond motifs is 1. The van der Waals surface area contributed by atoms with E-state index in [4.69, 9.17) is 0 Å². The van der Waals surface area contributed by atoms with Gasteiger partial charge in [-0.2, -0.15) is 0 Å². The fourth-order valence-corrected chi connectivity index (χ4v) is 2.19. The summed E-state index contributed by atoms with van der Waals surface area (Å²) in [5.74, 6) is -0.421. The number of hydrogen-bond donors (Lipinski definition) is 3. The number of carboxylic acids is 1. The van der Waals surface area contributed by atoms with Crippen molar-refractivity contribution in [3.05, 3.63) is 59.9 Å². The number of para-hydroxylation sites is 1. The average molecular weight is 267 g/mol. The molecule has 0 unspecified atom stereocenters. The maximum atomic E-state index is 11.4. The number of carbonyl (C=O) groups is 1. The summed E-state index contributed by atoms with van der Waals surface area (Å²) < 4.78 is 0. The topological polar surface area (TPSA) is 78.0 Å². The highest BCUT2D eigenvalue weighted by Gasteiger charge is 2.17. The van der Waals surface area contributed by atoms with Gasteiger partial charge in [-0.15, -0.1) is 0 Å². The molecule has 100 valence electrons. The molecule has 0 aliphatic carbocycles. The Morgan fingerprint density at radius 3 is 2.70 bits per heavy atom. The van der Waals surface area contributed by atoms with Crippen LogP contribution >= 0.6 is 0 Å². The number of aromatic nitrogens is 2. The van der Waals surface area contributed by atoms with Gasteiger partial charge in [0.1, 0.15) is 11.4 Å². The van der Waals surface area contributed by atoms with Crippen LogP contribution in [0.3, 0.4) is 0 Å². The molecule has 20 heavy (non-hydrogen) atoms. The molecule has 0 bridgehead atoms. The van der Waals surface area contributed by atoms with Crippen molar-refractivity contribution in [1.29, 1.82) is 0 Å². The lowest BCUT2D eigenvalue weighted by Gasteiger charge is -2.05. The third-order valence-electron chi connectivity index (χ3n) is 3.14. The molecule has 0 amide bonds. The Morgan fingerprint density at radius 2 is 1.95 bits per heavy atom. The summed E-state index contributed by atoms with van der Waals surface area (Å²) in [6.07, 6.45) is 3.42. The van der Waals surface area contributed by atoms with Gasteiger partial charge in [0.15, 0.2) is 0 Å². The highest BCUT2D eigenvalue weighted by atomic mass is 16.4. The highest BCUT2D eigenvalue weighted by Crippen LogP contribution is 2.26. The quantitative estimate of drug-likeness (QED) is 0.679. The van der Waals surface area contributed by atoms with E-state index in [-0.39, 0.29) is 5.56 Å². The number of aromatic carboxylic acids is 1. The van der Waals surface area contributed by atoms with Crippen LogP contribution in [0.2, 0.25) is 0 Å². The van der Waals surface area contributed by atoms with Gasteiger partial charge in [0.05, 0.1) is 0 Å². The van der Waals surface area contributed by atoms with Gasteiger partial charge in [-0.25, -0.2) is 4.79 Å². The van der Waals surface area contributed by atoms with Crippen LogP contribution in [0.25, 0.3) is 10.9 Å². The van der Waals surface area contributed by atoms with Crippen molar-refractivity contribution in [2.24, 2.45) is 0 Å². The molecule has 0 aliphatic heterocycles. The standard InChI is InChI=1S/C15H13N3O2/c19-15(20)13-11-3-1-2-4-12(11)18-14(13)17-9-10-5-7-16-8-6-10/h1-8,17-18H,9H2,(H,19,20). The largest absolute Gasteiger partial charge is 0.478 e. The van der Waals surface area contributed by atoms with Crippen molar-refractivity contribution in [2.45, 2.75) is 6.54 Å². The summed E-state index contributed by atoms with van der Waals surface area (Å²) in [6.45, 7) is 0.537. The lowest BCUT2D eigenvalue weighted by molar-refractivity contribution is 0.0700. The Kier molecular flexibility index (Phi) is 3.09. The second-order valence-corrected chi connectivity index (χ2v) is 4.43. The fourth-order valence-electron chi connectivity index (χ4n) is 2.19. The predicted octanol–water partition coefficient (Wildman–Crippen LogP) is 2.87. The first-order chi connectivity index (χ1) is 9.75. The first-order valence-corrected chi connectivity index (χ1v) is 6.22. The molecule has 0 aliphatic rings. The Bertz CT molecular complexity index is 750. The normalized spacial score (nSPS) is 10.6. The van der Waals surface area contributed by atoms with E-state index in [1.807, 2.05) is 30.3 Å². The zero-order chi connectivity index (χ0) is 13.9. The molecule has 0 saturated heterocycles. The van der Waals surface area contributed by atoms with E-state index < -0.39 is 5.97 Å². The average Bonchev–Trinajstić information content (AvgIpc) is 2.84. The van der Waals surface area contributed by atoms with Crippen LogP contribution in [0.15, 0.2) is 48.8 Å². The Hall–Kier alpha value is -2.82. The number of anilines is 1. The van der Waals surface area contributed by atoms with Gasteiger partial charge >= 0.3 is 5.97 Å². The number of nitrogens with zero attached hydrogens (tertiary/aromatic N) is 1. The van der Waals surface area contributed by atoms with Crippen molar-refractivity contribution in [3.8, 4) is 0 Å². The minimum absolute atomic E-state index is 0.273. The van der Waals surface area contributed by atoms with Gasteiger partial charge < -0.3 is 15.4 Å². The van der Waals surface area contributed by atoms with E-state index in [0.717, 1.165) is 11.1 Å². The highest BCUT2D eigenvalue weighted by molar-refractivity contribution is 6.08. The molecule has 0 atom stereocenters. The van der Waals surface area contributed by atoms with Gasteiger partial charge in [0.25, 0.3) is 0 Å². The van der Waals surface area contributed by atoms with Crippen molar-refractivity contribution in [3.63, 3.8) is 0 Å². The molecule has 2 aromatic heterocycles. The molecule has 2 heterocycles. The van der Waals surface area contributed by atoms with Gasteiger partial charge in [0, 0.05) is 29.8 Å². The smallest absolute Gasteiger partial charge is 0.340 e. The summed E-state index contributed by atoms with van der Waals surface area (Å²) in [5, 5.41) is 13.2. The first-order valence-electron chi connectivity index (χ1n) is 6.22. The second-order valence-electron chi connectivity index (χ2n) is 4.43. The molecule has 3 N–H and O–H groups in total. The Balaban J connectivity index is 1.95. The fraction of sp³-hybridized carbons (Fsp3) is 0.0667. The SMILES string of the molecule is O=C(O)c1c(NCc2ccncc2)[nH]c2ccccc12. The Labute approximate surface area is 115 Å². The molecule has 5 heteroatoms. The van der Waals surface area contributed by atoms with E-state index in [2.05, 4.69) is 15.3 Å². The first kappa shape index (κ1) is 12.2. The lowest BCUT2D eigenvalue weighted by Crippen LogP contribution is -2.05. The minimum atomic E-state index is -0.945. The molecule has 3 rings (SSSR count). The van der Waals surface area contributed by atoms with Crippen LogP contribution in [0.4, 0.5) is 5.82 Å². The van der Waals surface area contributed by atoms with E-state index in [1.54, 1.807) is 18.5 Å². The van der Waals surface area contributed by atoms with E-state index in [9.17, 15) is 9.90 Å². The lowest BCUT2D eigenvalue weighted by atomic mass is 10.1. The van der Waals surface area contributed by atoms with Crippen molar-refractivity contribution in [1.82, 2.24) is 9.97 Å². The monoisotopic (exact) mass is 267 g/mol. The molecule has 0 radical (unpaired) electrons. The molecular formula is C15H13N3O2. The van der Waals surface area contributed by atoms with Crippen LogP contribution in [0, 0.1) is 0 Å². The molecule has 0 spiro atoms. The van der Waals surface area contributed by atoms with E-state index >= 15 is 0 Å². The molecular weight excluding hydrogens is 254 g/mol.